The highest BCUT2D eigenvalue weighted by Gasteiger charge is 2.94. The average molecular weight is 272 g/mol. The van der Waals surface area contributed by atoms with Crippen molar-refractivity contribution in [3.05, 3.63) is 0 Å². The molecular weight excluding hydrogens is 264 g/mol. The molecule has 0 aromatic carbocycles. The van der Waals surface area contributed by atoms with Gasteiger partial charge in [0.05, 0.1) is 6.10 Å². The molecule has 3 unspecified atom stereocenters. The van der Waals surface area contributed by atoms with Gasteiger partial charge < -0.3 is 5.11 Å². The summed E-state index contributed by atoms with van der Waals surface area (Å²) in [6.07, 6.45) is -8.37. The molecule has 1 rings (SSSR count). The first-order chi connectivity index (χ1) is 7.39. The molecule has 1 saturated carbocycles. The van der Waals surface area contributed by atoms with Gasteiger partial charge in [0.1, 0.15) is 0 Å². The number of aliphatic hydroxyl groups is 1. The van der Waals surface area contributed by atoms with E-state index < -0.39 is 42.1 Å². The lowest BCUT2D eigenvalue weighted by Gasteiger charge is -2.32. The van der Waals surface area contributed by atoms with E-state index in [1.807, 2.05) is 0 Å². The van der Waals surface area contributed by atoms with Gasteiger partial charge in [0.15, 0.2) is 0 Å². The highest BCUT2D eigenvalue weighted by atomic mass is 19.4. The van der Waals surface area contributed by atoms with Gasteiger partial charge in [-0.1, -0.05) is 6.92 Å². The molecule has 0 saturated heterocycles. The smallest absolute Gasteiger partial charge is 0.378 e. The molecule has 1 nitrogen and oxygen atoms in total. The van der Waals surface area contributed by atoms with Crippen molar-refractivity contribution in [1.82, 2.24) is 0 Å². The summed E-state index contributed by atoms with van der Waals surface area (Å²) in [6.45, 7) is 0.864. The summed E-state index contributed by atoms with van der Waals surface area (Å²) >= 11 is 0. The maximum Gasteiger partial charge on any atom is 0.378 e. The predicted molar refractivity (Wildman–Crippen MR) is 39.9 cm³/mol. The minimum absolute atomic E-state index is 0.864. The second-order valence-electron chi connectivity index (χ2n) is 3.83. The van der Waals surface area contributed by atoms with Crippen molar-refractivity contribution in [3.63, 3.8) is 0 Å². The largest absolute Gasteiger partial charge is 0.389 e. The van der Waals surface area contributed by atoms with Gasteiger partial charge in [-0.05, 0) is 6.42 Å². The summed E-state index contributed by atoms with van der Waals surface area (Å²) in [7, 11) is 0. The topological polar surface area (TPSA) is 20.2 Å². The lowest BCUT2D eigenvalue weighted by molar-refractivity contribution is -0.295. The van der Waals surface area contributed by atoms with Crippen LogP contribution in [0.2, 0.25) is 0 Å². The summed E-state index contributed by atoms with van der Waals surface area (Å²) < 4.78 is 103. The van der Waals surface area contributed by atoms with E-state index >= 15 is 0 Å². The van der Waals surface area contributed by atoms with Gasteiger partial charge >= 0.3 is 17.8 Å². The van der Waals surface area contributed by atoms with Crippen LogP contribution in [0.5, 0.6) is 0 Å². The molecule has 0 radical (unpaired) electrons. The van der Waals surface area contributed by atoms with Crippen molar-refractivity contribution in [2.75, 3.05) is 0 Å². The van der Waals surface area contributed by atoms with Crippen LogP contribution in [0.4, 0.5) is 35.1 Å². The second kappa shape index (κ2) is 3.46. The van der Waals surface area contributed by atoms with E-state index in [0.717, 1.165) is 6.92 Å². The standard InChI is InChI=1S/C8H8F8O/c1-2-3(17)5(10)4(9)6(11,12)8(15,16)7(5,13)14/h3-4,17H,2H2,1H3. The molecule has 0 heterocycles. The lowest BCUT2D eigenvalue weighted by Crippen LogP contribution is -2.58. The van der Waals surface area contributed by atoms with Gasteiger partial charge in [0, 0.05) is 0 Å². The maximum atomic E-state index is 13.5. The molecule has 9 heteroatoms. The Kier molecular flexibility index (Phi) is 2.94. The monoisotopic (exact) mass is 272 g/mol. The van der Waals surface area contributed by atoms with Gasteiger partial charge in [0.2, 0.25) is 11.8 Å². The summed E-state index contributed by atoms with van der Waals surface area (Å²) in [5.41, 5.74) is -5.02. The first-order valence-electron chi connectivity index (χ1n) is 4.53. The Morgan fingerprint density at radius 2 is 1.41 bits per heavy atom. The van der Waals surface area contributed by atoms with Gasteiger partial charge in [-0.3, -0.25) is 0 Å². The van der Waals surface area contributed by atoms with Crippen LogP contribution in [0.3, 0.4) is 0 Å². The van der Waals surface area contributed by atoms with Gasteiger partial charge in [0.25, 0.3) is 0 Å². The normalized spacial score (nSPS) is 40.2. The third-order valence-electron chi connectivity index (χ3n) is 2.85. The van der Waals surface area contributed by atoms with Crippen LogP contribution >= 0.6 is 0 Å². The van der Waals surface area contributed by atoms with Crippen LogP contribution in [-0.2, 0) is 0 Å². The lowest BCUT2D eigenvalue weighted by atomic mass is 9.90. The summed E-state index contributed by atoms with van der Waals surface area (Å²) in [5.74, 6) is -18.1. The third kappa shape index (κ3) is 1.28. The molecule has 17 heavy (non-hydrogen) atoms. The zero-order valence-corrected chi connectivity index (χ0v) is 8.33. The molecule has 3 atom stereocenters. The average Bonchev–Trinajstić information content (AvgIpc) is 2.29. The van der Waals surface area contributed by atoms with Crippen molar-refractivity contribution in [3.8, 4) is 0 Å². The van der Waals surface area contributed by atoms with E-state index in [2.05, 4.69) is 0 Å². The van der Waals surface area contributed by atoms with Crippen LogP contribution in [0, 0.1) is 0 Å². The fourth-order valence-corrected chi connectivity index (χ4v) is 1.71. The Balaban J connectivity index is 3.45. The fraction of sp³-hybridized carbons (Fsp3) is 1.00. The Morgan fingerprint density at radius 3 is 1.65 bits per heavy atom. The molecule has 0 spiro atoms. The molecule has 1 fully saturated rings. The maximum absolute atomic E-state index is 13.5. The van der Waals surface area contributed by atoms with Crippen LogP contribution in [0.1, 0.15) is 13.3 Å². The van der Waals surface area contributed by atoms with Gasteiger partial charge in [-0.15, -0.1) is 0 Å². The van der Waals surface area contributed by atoms with Crippen molar-refractivity contribution in [2.24, 2.45) is 0 Å². The SMILES string of the molecule is CCC(O)C1(F)C(F)C(F)(F)C(F)(F)C1(F)F. The zero-order valence-electron chi connectivity index (χ0n) is 8.33. The number of hydrogen-bond donors (Lipinski definition) is 1. The second-order valence-corrected chi connectivity index (χ2v) is 3.83. The van der Waals surface area contributed by atoms with Crippen molar-refractivity contribution >= 4 is 0 Å². The molecular formula is C8H8F8O. The molecule has 1 aliphatic carbocycles. The molecule has 1 N–H and O–H groups in total. The molecule has 1 aliphatic rings. The van der Waals surface area contributed by atoms with E-state index in [9.17, 15) is 35.1 Å². The quantitative estimate of drug-likeness (QED) is 0.766. The summed E-state index contributed by atoms with van der Waals surface area (Å²) in [5, 5.41) is 8.83. The number of rotatable bonds is 2. The zero-order chi connectivity index (χ0) is 13.9. The Bertz CT molecular complexity index is 317. The molecule has 0 bridgehead atoms. The number of aliphatic hydroxyl groups excluding tert-OH is 1. The van der Waals surface area contributed by atoms with E-state index in [-0.39, 0.29) is 0 Å². The third-order valence-corrected chi connectivity index (χ3v) is 2.85. The molecule has 0 aromatic rings. The van der Waals surface area contributed by atoms with Crippen LogP contribution in [0.15, 0.2) is 0 Å². The van der Waals surface area contributed by atoms with E-state index in [1.165, 1.54) is 0 Å². The van der Waals surface area contributed by atoms with Crippen molar-refractivity contribution in [2.45, 2.75) is 49.1 Å². The Hall–Kier alpha value is -0.600. The van der Waals surface area contributed by atoms with Gasteiger partial charge in [-0.2, -0.15) is 26.3 Å². The molecule has 0 aliphatic heterocycles. The molecule has 102 valence electrons. The number of alkyl halides is 8. The Morgan fingerprint density at radius 1 is 1.00 bits per heavy atom. The van der Waals surface area contributed by atoms with Gasteiger partial charge in [-0.25, -0.2) is 8.78 Å². The van der Waals surface area contributed by atoms with Crippen LogP contribution in [-0.4, -0.2) is 40.8 Å². The highest BCUT2D eigenvalue weighted by Crippen LogP contribution is 2.64. The van der Waals surface area contributed by atoms with Crippen LogP contribution in [0.25, 0.3) is 0 Å². The number of halogens is 8. The van der Waals surface area contributed by atoms with Crippen molar-refractivity contribution in [1.29, 1.82) is 0 Å². The van der Waals surface area contributed by atoms with Crippen molar-refractivity contribution < 1.29 is 40.2 Å². The fourth-order valence-electron chi connectivity index (χ4n) is 1.71. The Labute approximate surface area is 90.4 Å². The first kappa shape index (κ1) is 14.5. The molecule has 0 aromatic heterocycles. The number of hydrogen-bond acceptors (Lipinski definition) is 1. The summed E-state index contributed by atoms with van der Waals surface area (Å²) in [6, 6.07) is 0. The molecule has 0 amide bonds. The minimum atomic E-state index is -6.20. The van der Waals surface area contributed by atoms with E-state index in [1.54, 1.807) is 0 Å². The minimum Gasteiger partial charge on any atom is -0.389 e. The first-order valence-corrected chi connectivity index (χ1v) is 4.53. The van der Waals surface area contributed by atoms with E-state index in [0.29, 0.717) is 0 Å². The van der Waals surface area contributed by atoms with Crippen LogP contribution < -0.4 is 0 Å². The van der Waals surface area contributed by atoms with E-state index in [4.69, 9.17) is 5.11 Å². The summed E-state index contributed by atoms with van der Waals surface area (Å²) in [4.78, 5) is 0. The predicted octanol–water partition coefficient (Wildman–Crippen LogP) is 2.72. The highest BCUT2D eigenvalue weighted by molar-refractivity contribution is 5.25.